The van der Waals surface area contributed by atoms with Gasteiger partial charge >= 0.3 is 6.03 Å². The van der Waals surface area contributed by atoms with Gasteiger partial charge in [-0.15, -0.1) is 0 Å². The summed E-state index contributed by atoms with van der Waals surface area (Å²) in [4.78, 5) is 27.5. The maximum atomic E-state index is 12.1. The lowest BCUT2D eigenvalue weighted by Crippen LogP contribution is -2.51. The van der Waals surface area contributed by atoms with Crippen molar-refractivity contribution >= 4 is 6.03 Å². The van der Waals surface area contributed by atoms with Crippen LogP contribution in [0.1, 0.15) is 18.0 Å². The van der Waals surface area contributed by atoms with Crippen LogP contribution in [0.5, 0.6) is 0 Å². The van der Waals surface area contributed by atoms with Gasteiger partial charge in [-0.05, 0) is 18.4 Å². The number of amides is 2. The van der Waals surface area contributed by atoms with Crippen molar-refractivity contribution in [3.8, 4) is 0 Å². The fraction of sp³-hybridized carbons (Fsp3) is 0.571. The fourth-order valence-electron chi connectivity index (χ4n) is 3.34. The van der Waals surface area contributed by atoms with Crippen LogP contribution >= 0.6 is 0 Å². The molecule has 0 N–H and O–H groups in total. The highest BCUT2D eigenvalue weighted by Gasteiger charge is 2.36. The minimum absolute atomic E-state index is 0.0708. The Balaban J connectivity index is 1.92. The Morgan fingerprint density at radius 2 is 2.05 bits per heavy atom. The Morgan fingerprint density at radius 3 is 2.79 bits per heavy atom. The second-order valence-corrected chi connectivity index (χ2v) is 5.78. The maximum absolute atomic E-state index is 12.1. The normalized spacial score (nSPS) is 24.8. The molecule has 5 nitrogen and oxygen atoms in total. The summed E-state index contributed by atoms with van der Waals surface area (Å²) in [6.07, 6.45) is 1.08. The van der Waals surface area contributed by atoms with Gasteiger partial charge in [0.1, 0.15) is 0 Å². The lowest BCUT2D eigenvalue weighted by atomic mass is 9.83. The van der Waals surface area contributed by atoms with Gasteiger partial charge in [0.25, 0.3) is 5.56 Å². The first-order valence-corrected chi connectivity index (χ1v) is 6.72. The number of aromatic nitrogens is 1. The summed E-state index contributed by atoms with van der Waals surface area (Å²) >= 11 is 0. The van der Waals surface area contributed by atoms with Crippen LogP contribution < -0.4 is 5.56 Å². The Labute approximate surface area is 112 Å². The number of likely N-dealkylation sites (tertiary alicyclic amines) is 1. The van der Waals surface area contributed by atoms with E-state index >= 15 is 0 Å². The summed E-state index contributed by atoms with van der Waals surface area (Å²) in [5, 5.41) is 0. The minimum Gasteiger partial charge on any atom is -0.331 e. The number of carbonyl (C=O) groups excluding carboxylic acids is 1. The van der Waals surface area contributed by atoms with E-state index in [0.717, 1.165) is 31.7 Å². The van der Waals surface area contributed by atoms with Crippen molar-refractivity contribution in [2.24, 2.45) is 5.92 Å². The standard InChI is InChI=1S/C14H19N3O2/c1-15(2)14(19)16-7-10-6-11(9-16)12-4-3-5-13(18)17(12)8-10/h3-5,10-11H,6-9H2,1-2H3. The van der Waals surface area contributed by atoms with E-state index in [4.69, 9.17) is 0 Å². The van der Waals surface area contributed by atoms with E-state index in [1.807, 2.05) is 21.6 Å². The molecule has 2 aliphatic rings. The highest BCUT2D eigenvalue weighted by molar-refractivity contribution is 5.74. The summed E-state index contributed by atoms with van der Waals surface area (Å²) in [7, 11) is 3.57. The smallest absolute Gasteiger partial charge is 0.319 e. The number of fused-ring (bicyclic) bond motifs is 4. The molecule has 3 heterocycles. The lowest BCUT2D eigenvalue weighted by molar-refractivity contribution is 0.115. The second-order valence-electron chi connectivity index (χ2n) is 5.78. The van der Waals surface area contributed by atoms with Gasteiger partial charge in [0, 0.05) is 51.4 Å². The van der Waals surface area contributed by atoms with Crippen LogP contribution in [0.3, 0.4) is 0 Å². The molecular formula is C14H19N3O2. The van der Waals surface area contributed by atoms with Crippen molar-refractivity contribution in [1.82, 2.24) is 14.4 Å². The molecule has 0 aromatic carbocycles. The lowest BCUT2D eigenvalue weighted by Gasteiger charge is -2.43. The first kappa shape index (κ1) is 12.3. The maximum Gasteiger partial charge on any atom is 0.319 e. The average molecular weight is 261 g/mol. The molecule has 2 bridgehead atoms. The molecule has 2 aliphatic heterocycles. The third kappa shape index (κ3) is 2.03. The zero-order chi connectivity index (χ0) is 13.6. The molecule has 0 spiro atoms. The SMILES string of the molecule is CN(C)C(=O)N1CC2CC(C1)c1cccc(=O)n1C2. The van der Waals surface area contributed by atoms with Gasteiger partial charge in [-0.1, -0.05) is 6.07 Å². The quantitative estimate of drug-likeness (QED) is 0.698. The monoisotopic (exact) mass is 261 g/mol. The van der Waals surface area contributed by atoms with Crippen LogP contribution in [0.25, 0.3) is 0 Å². The van der Waals surface area contributed by atoms with Gasteiger partial charge in [0.15, 0.2) is 0 Å². The molecule has 3 rings (SSSR count). The van der Waals surface area contributed by atoms with Crippen molar-refractivity contribution in [2.45, 2.75) is 18.9 Å². The molecule has 1 aromatic heterocycles. The Bertz CT molecular complexity index is 564. The van der Waals surface area contributed by atoms with Crippen molar-refractivity contribution in [3.63, 3.8) is 0 Å². The van der Waals surface area contributed by atoms with Crippen molar-refractivity contribution < 1.29 is 4.79 Å². The van der Waals surface area contributed by atoms with Gasteiger partial charge in [-0.3, -0.25) is 4.79 Å². The summed E-state index contributed by atoms with van der Waals surface area (Å²) < 4.78 is 1.89. The molecule has 0 radical (unpaired) electrons. The van der Waals surface area contributed by atoms with Crippen molar-refractivity contribution in [1.29, 1.82) is 0 Å². The van der Waals surface area contributed by atoms with Crippen LogP contribution in [-0.2, 0) is 6.54 Å². The predicted octanol–water partition coefficient (Wildman–Crippen LogP) is 0.949. The number of carbonyl (C=O) groups is 1. The number of urea groups is 1. The third-order valence-corrected chi connectivity index (χ3v) is 4.13. The molecule has 2 unspecified atom stereocenters. The zero-order valence-electron chi connectivity index (χ0n) is 11.4. The predicted molar refractivity (Wildman–Crippen MR) is 72.2 cm³/mol. The summed E-state index contributed by atoms with van der Waals surface area (Å²) in [5.74, 6) is 0.695. The zero-order valence-corrected chi connectivity index (χ0v) is 11.4. The molecule has 2 atom stereocenters. The number of rotatable bonds is 0. The molecule has 0 saturated carbocycles. The number of hydrogen-bond acceptors (Lipinski definition) is 2. The largest absolute Gasteiger partial charge is 0.331 e. The fourth-order valence-corrected chi connectivity index (χ4v) is 3.34. The average Bonchev–Trinajstić information content (AvgIpc) is 2.39. The number of pyridine rings is 1. The molecular weight excluding hydrogens is 242 g/mol. The van der Waals surface area contributed by atoms with Gasteiger partial charge in [-0.25, -0.2) is 4.79 Å². The van der Waals surface area contributed by atoms with Crippen molar-refractivity contribution in [2.75, 3.05) is 27.2 Å². The topological polar surface area (TPSA) is 45.6 Å². The second kappa shape index (κ2) is 4.40. The number of piperidine rings is 1. The summed E-state index contributed by atoms with van der Waals surface area (Å²) in [6.45, 7) is 2.22. The van der Waals surface area contributed by atoms with Crippen molar-refractivity contribution in [3.05, 3.63) is 34.2 Å². The van der Waals surface area contributed by atoms with Gasteiger partial charge in [0.05, 0.1) is 0 Å². The van der Waals surface area contributed by atoms with Crippen LogP contribution in [-0.4, -0.2) is 47.6 Å². The summed E-state index contributed by atoms with van der Waals surface area (Å²) in [5.41, 5.74) is 1.17. The minimum atomic E-state index is 0.0708. The molecule has 0 aliphatic carbocycles. The number of hydrogen-bond donors (Lipinski definition) is 0. The van der Waals surface area contributed by atoms with Gasteiger partial charge in [-0.2, -0.15) is 0 Å². The van der Waals surface area contributed by atoms with Crippen LogP contribution in [0.2, 0.25) is 0 Å². The highest BCUT2D eigenvalue weighted by Crippen LogP contribution is 2.35. The molecule has 19 heavy (non-hydrogen) atoms. The Morgan fingerprint density at radius 1 is 1.26 bits per heavy atom. The first-order chi connectivity index (χ1) is 9.06. The highest BCUT2D eigenvalue weighted by atomic mass is 16.2. The van der Waals surface area contributed by atoms with Crippen LogP contribution in [0, 0.1) is 5.92 Å². The van der Waals surface area contributed by atoms with E-state index in [9.17, 15) is 9.59 Å². The molecule has 1 saturated heterocycles. The molecule has 1 aromatic rings. The Kier molecular flexibility index (Phi) is 2.84. The molecule has 2 amide bonds. The van der Waals surface area contributed by atoms with E-state index in [1.165, 1.54) is 0 Å². The van der Waals surface area contributed by atoms with Gasteiger partial charge < -0.3 is 14.4 Å². The Hall–Kier alpha value is -1.78. The molecule has 5 heteroatoms. The third-order valence-electron chi connectivity index (χ3n) is 4.13. The van der Waals surface area contributed by atoms with Gasteiger partial charge in [0.2, 0.25) is 0 Å². The first-order valence-electron chi connectivity index (χ1n) is 6.72. The van der Waals surface area contributed by atoms with E-state index < -0.39 is 0 Å². The van der Waals surface area contributed by atoms with E-state index in [2.05, 4.69) is 0 Å². The molecule has 102 valence electrons. The van der Waals surface area contributed by atoms with E-state index in [1.54, 1.807) is 25.1 Å². The van der Waals surface area contributed by atoms with Crippen LogP contribution in [0.4, 0.5) is 4.79 Å². The van der Waals surface area contributed by atoms with E-state index in [0.29, 0.717) is 11.8 Å². The number of nitrogens with zero attached hydrogens (tertiary/aromatic N) is 3. The van der Waals surface area contributed by atoms with Crippen LogP contribution in [0.15, 0.2) is 23.0 Å². The summed E-state index contributed by atoms with van der Waals surface area (Å²) in [6, 6.07) is 5.53. The van der Waals surface area contributed by atoms with E-state index in [-0.39, 0.29) is 11.6 Å². The molecule has 1 fully saturated rings.